The summed E-state index contributed by atoms with van der Waals surface area (Å²) in [6.07, 6.45) is 1.52. The molecular weight excluding hydrogens is 164 g/mol. The van der Waals surface area contributed by atoms with Gasteiger partial charge in [0.2, 0.25) is 0 Å². The topological polar surface area (TPSA) is 41.5 Å². The molecule has 0 aromatic heterocycles. The molecule has 0 aliphatic carbocycles. The predicted octanol–water partition coefficient (Wildman–Crippen LogP) is 1.59. The molecule has 74 valence electrons. The summed E-state index contributed by atoms with van der Waals surface area (Å²) < 4.78 is 0. The second-order valence-corrected chi connectivity index (χ2v) is 4.90. The average Bonchev–Trinajstić information content (AvgIpc) is 2.29. The third kappa shape index (κ3) is 1.26. The first kappa shape index (κ1) is 10.2. The number of rotatable bonds is 1. The first-order chi connectivity index (χ1) is 5.82. The largest absolute Gasteiger partial charge is 0.315 e. The lowest BCUT2D eigenvalue weighted by Crippen LogP contribution is -2.53. The fraction of sp³-hybridized carbons (Fsp3) is 0.800. The summed E-state index contributed by atoms with van der Waals surface area (Å²) in [4.78, 5) is 16.1. The van der Waals surface area contributed by atoms with Crippen LogP contribution in [0.4, 0.5) is 0 Å². The van der Waals surface area contributed by atoms with Crippen molar-refractivity contribution in [2.45, 2.75) is 40.2 Å². The summed E-state index contributed by atoms with van der Waals surface area (Å²) in [7, 11) is 0. The van der Waals surface area contributed by atoms with Gasteiger partial charge < -0.3 is 5.32 Å². The van der Waals surface area contributed by atoms with Gasteiger partial charge in [0.25, 0.3) is 5.91 Å². The summed E-state index contributed by atoms with van der Waals surface area (Å²) in [5.41, 5.74) is -0.731. The molecule has 0 bridgehead atoms. The van der Waals surface area contributed by atoms with Crippen molar-refractivity contribution < 1.29 is 4.79 Å². The van der Waals surface area contributed by atoms with Crippen LogP contribution in [0.1, 0.15) is 34.6 Å². The standard InChI is InChI=1S/C10H18N2O/c1-7(2)10(9(3,4)5)8(13)11-6-12-10/h6-7H,1-5H3,(H,11,12,13). The third-order valence-corrected chi connectivity index (χ3v) is 2.79. The molecule has 0 spiro atoms. The first-order valence-electron chi connectivity index (χ1n) is 4.67. The van der Waals surface area contributed by atoms with Crippen LogP contribution in [0.25, 0.3) is 0 Å². The Morgan fingerprint density at radius 3 is 2.15 bits per heavy atom. The number of nitrogens with zero attached hydrogens (tertiary/aromatic N) is 1. The summed E-state index contributed by atoms with van der Waals surface area (Å²) >= 11 is 0. The van der Waals surface area contributed by atoms with E-state index < -0.39 is 5.54 Å². The lowest BCUT2D eigenvalue weighted by Gasteiger charge is -2.39. The Bertz CT molecular complexity index is 250. The Kier molecular flexibility index (Phi) is 2.22. The quantitative estimate of drug-likeness (QED) is 0.657. The molecule has 0 radical (unpaired) electrons. The van der Waals surface area contributed by atoms with Gasteiger partial charge in [-0.1, -0.05) is 34.6 Å². The van der Waals surface area contributed by atoms with Crippen molar-refractivity contribution in [2.75, 3.05) is 0 Å². The van der Waals surface area contributed by atoms with E-state index in [-0.39, 0.29) is 17.2 Å². The molecule has 0 aromatic rings. The van der Waals surface area contributed by atoms with Gasteiger partial charge in [-0.2, -0.15) is 0 Å². The Morgan fingerprint density at radius 2 is 2.00 bits per heavy atom. The van der Waals surface area contributed by atoms with Gasteiger partial charge in [0.1, 0.15) is 5.54 Å². The highest BCUT2D eigenvalue weighted by molar-refractivity contribution is 6.00. The fourth-order valence-electron chi connectivity index (χ4n) is 2.17. The normalized spacial score (nSPS) is 28.3. The van der Waals surface area contributed by atoms with Gasteiger partial charge in [0.05, 0.1) is 6.34 Å². The van der Waals surface area contributed by atoms with E-state index >= 15 is 0 Å². The minimum Gasteiger partial charge on any atom is -0.315 e. The Hall–Kier alpha value is -0.860. The summed E-state index contributed by atoms with van der Waals surface area (Å²) in [5.74, 6) is 0.237. The van der Waals surface area contributed by atoms with Gasteiger partial charge in [-0.25, -0.2) is 0 Å². The van der Waals surface area contributed by atoms with Crippen molar-refractivity contribution in [3.8, 4) is 0 Å². The van der Waals surface area contributed by atoms with Crippen molar-refractivity contribution in [1.29, 1.82) is 0 Å². The van der Waals surface area contributed by atoms with Crippen molar-refractivity contribution >= 4 is 12.2 Å². The van der Waals surface area contributed by atoms with Gasteiger partial charge >= 0.3 is 0 Å². The van der Waals surface area contributed by atoms with Crippen LogP contribution in [0.15, 0.2) is 4.99 Å². The van der Waals surface area contributed by atoms with E-state index in [1.54, 1.807) is 0 Å². The van der Waals surface area contributed by atoms with Crippen LogP contribution in [0.3, 0.4) is 0 Å². The van der Waals surface area contributed by atoms with E-state index in [9.17, 15) is 4.79 Å². The van der Waals surface area contributed by atoms with E-state index in [0.717, 1.165) is 0 Å². The number of carbonyl (C=O) groups excluding carboxylic acids is 1. The zero-order chi connectivity index (χ0) is 10.3. The molecule has 3 nitrogen and oxygen atoms in total. The molecule has 1 amide bonds. The van der Waals surface area contributed by atoms with Crippen LogP contribution >= 0.6 is 0 Å². The third-order valence-electron chi connectivity index (χ3n) is 2.79. The van der Waals surface area contributed by atoms with Crippen molar-refractivity contribution in [1.82, 2.24) is 5.32 Å². The maximum Gasteiger partial charge on any atom is 0.253 e. The van der Waals surface area contributed by atoms with E-state index in [2.05, 4.69) is 31.1 Å². The van der Waals surface area contributed by atoms with Crippen molar-refractivity contribution in [3.05, 3.63) is 0 Å². The number of amides is 1. The number of hydrogen-bond acceptors (Lipinski definition) is 2. The van der Waals surface area contributed by atoms with Gasteiger partial charge in [-0.05, 0) is 11.3 Å². The SMILES string of the molecule is CC(C)C1(C(C)(C)C)N=CNC1=O. The molecule has 1 rings (SSSR count). The molecule has 1 aliphatic rings. The molecule has 0 saturated carbocycles. The monoisotopic (exact) mass is 182 g/mol. The van der Waals surface area contributed by atoms with Crippen LogP contribution in [0.5, 0.6) is 0 Å². The molecule has 1 heterocycles. The lowest BCUT2D eigenvalue weighted by atomic mass is 9.67. The Labute approximate surface area is 79.6 Å². The highest BCUT2D eigenvalue weighted by Gasteiger charge is 2.52. The molecule has 1 unspecified atom stereocenters. The maximum absolute atomic E-state index is 11.7. The first-order valence-corrected chi connectivity index (χ1v) is 4.67. The van der Waals surface area contributed by atoms with Gasteiger partial charge in [-0.3, -0.25) is 9.79 Å². The molecule has 1 aliphatic heterocycles. The Morgan fingerprint density at radius 1 is 1.46 bits per heavy atom. The second kappa shape index (κ2) is 2.82. The zero-order valence-electron chi connectivity index (χ0n) is 9.01. The molecule has 3 heteroatoms. The average molecular weight is 182 g/mol. The van der Waals surface area contributed by atoms with E-state index in [1.807, 2.05) is 13.8 Å². The zero-order valence-corrected chi connectivity index (χ0v) is 9.01. The predicted molar refractivity (Wildman–Crippen MR) is 53.7 cm³/mol. The number of nitrogens with one attached hydrogen (secondary N) is 1. The summed E-state index contributed by atoms with van der Waals surface area (Å²) in [5, 5.41) is 2.67. The molecule has 0 fully saturated rings. The van der Waals surface area contributed by atoms with Crippen LogP contribution in [-0.4, -0.2) is 17.8 Å². The number of aliphatic imine (C=N–C) groups is 1. The van der Waals surface area contributed by atoms with E-state index in [4.69, 9.17) is 0 Å². The summed E-state index contributed by atoms with van der Waals surface area (Å²) in [6.45, 7) is 10.2. The number of hydrogen-bond donors (Lipinski definition) is 1. The molecular formula is C10H18N2O. The van der Waals surface area contributed by atoms with Crippen LogP contribution in [-0.2, 0) is 4.79 Å². The van der Waals surface area contributed by atoms with Crippen molar-refractivity contribution in [2.24, 2.45) is 16.3 Å². The molecule has 0 aromatic carbocycles. The highest BCUT2D eigenvalue weighted by atomic mass is 16.2. The van der Waals surface area contributed by atoms with Crippen LogP contribution in [0.2, 0.25) is 0 Å². The van der Waals surface area contributed by atoms with Gasteiger partial charge in [0.15, 0.2) is 0 Å². The van der Waals surface area contributed by atoms with Crippen molar-refractivity contribution in [3.63, 3.8) is 0 Å². The molecule has 1 atom stereocenters. The second-order valence-electron chi connectivity index (χ2n) is 4.90. The molecule has 13 heavy (non-hydrogen) atoms. The van der Waals surface area contributed by atoms with Gasteiger partial charge in [0, 0.05) is 0 Å². The van der Waals surface area contributed by atoms with Crippen LogP contribution < -0.4 is 5.32 Å². The summed E-state index contributed by atoms with van der Waals surface area (Å²) in [6, 6.07) is 0. The molecule has 1 N–H and O–H groups in total. The van der Waals surface area contributed by atoms with Crippen LogP contribution in [0, 0.1) is 11.3 Å². The Balaban J connectivity index is 3.17. The number of carbonyl (C=O) groups is 1. The minimum absolute atomic E-state index is 0.0231. The smallest absolute Gasteiger partial charge is 0.253 e. The van der Waals surface area contributed by atoms with Gasteiger partial charge in [-0.15, -0.1) is 0 Å². The van der Waals surface area contributed by atoms with E-state index in [0.29, 0.717) is 0 Å². The molecule has 0 saturated heterocycles. The fourth-order valence-corrected chi connectivity index (χ4v) is 2.17. The lowest BCUT2D eigenvalue weighted by molar-refractivity contribution is -0.129. The minimum atomic E-state index is -0.590. The van der Waals surface area contributed by atoms with E-state index in [1.165, 1.54) is 6.34 Å². The maximum atomic E-state index is 11.7. The highest BCUT2D eigenvalue weighted by Crippen LogP contribution is 2.41.